The van der Waals surface area contributed by atoms with Crippen molar-refractivity contribution in [3.8, 4) is 5.75 Å². The fourth-order valence-electron chi connectivity index (χ4n) is 3.51. The Hall–Kier alpha value is -0.250. The van der Waals surface area contributed by atoms with Crippen molar-refractivity contribution in [1.82, 2.24) is 0 Å². The third-order valence-corrected chi connectivity index (χ3v) is 5.71. The van der Waals surface area contributed by atoms with Crippen molar-refractivity contribution in [3.05, 3.63) is 27.7 Å². The molecule has 1 aromatic carbocycles. The fourth-order valence-corrected chi connectivity index (χ4v) is 4.63. The van der Waals surface area contributed by atoms with E-state index in [9.17, 15) is 0 Å². The van der Waals surface area contributed by atoms with Crippen LogP contribution in [0.5, 0.6) is 5.75 Å². The number of hydrogen-bond donors (Lipinski definition) is 0. The first-order valence-corrected chi connectivity index (χ1v) is 8.46. The molecule has 1 aromatic rings. The predicted octanol–water partition coefficient (Wildman–Crippen LogP) is 4.72. The van der Waals surface area contributed by atoms with Gasteiger partial charge in [-0.25, -0.2) is 0 Å². The second-order valence-corrected chi connectivity index (χ2v) is 7.35. The monoisotopic (exact) mass is 358 g/mol. The number of hydrogen-bond acceptors (Lipinski definition) is 2. The Morgan fingerprint density at radius 3 is 2.65 bits per heavy atom. The molecular formula is C16H20BrClO2. The molecular weight excluding hydrogens is 340 g/mol. The molecule has 2 nitrogen and oxygen atoms in total. The average molecular weight is 360 g/mol. The van der Waals surface area contributed by atoms with Crippen LogP contribution in [0.4, 0.5) is 0 Å². The lowest BCUT2D eigenvalue weighted by Gasteiger charge is -2.25. The Morgan fingerprint density at radius 2 is 2.00 bits per heavy atom. The third kappa shape index (κ3) is 2.38. The van der Waals surface area contributed by atoms with Crippen LogP contribution < -0.4 is 4.74 Å². The first-order valence-electron chi connectivity index (χ1n) is 7.23. The molecule has 0 spiro atoms. The summed E-state index contributed by atoms with van der Waals surface area (Å²) in [7, 11) is 0. The van der Waals surface area contributed by atoms with Gasteiger partial charge in [0.25, 0.3) is 0 Å². The van der Waals surface area contributed by atoms with E-state index in [1.54, 1.807) is 0 Å². The Bertz CT molecular complexity index is 519. The summed E-state index contributed by atoms with van der Waals surface area (Å²) in [4.78, 5) is 0. The lowest BCUT2D eigenvalue weighted by atomic mass is 9.83. The Morgan fingerprint density at radius 1 is 1.25 bits per heavy atom. The van der Waals surface area contributed by atoms with E-state index in [2.05, 4.69) is 48.8 Å². The number of fused-ring (bicyclic) bond motifs is 1. The Kier molecular flexibility index (Phi) is 4.04. The maximum atomic E-state index is 6.84. The molecule has 110 valence electrons. The van der Waals surface area contributed by atoms with Gasteiger partial charge in [-0.15, -0.1) is 11.6 Å². The lowest BCUT2D eigenvalue weighted by Crippen LogP contribution is -2.22. The Labute approximate surface area is 133 Å². The summed E-state index contributed by atoms with van der Waals surface area (Å²) in [6.07, 6.45) is 1.41. The van der Waals surface area contributed by atoms with E-state index in [1.165, 1.54) is 5.56 Å². The summed E-state index contributed by atoms with van der Waals surface area (Å²) in [5.41, 5.74) is 2.36. The molecule has 2 heterocycles. The molecule has 5 unspecified atom stereocenters. The summed E-state index contributed by atoms with van der Waals surface area (Å²) in [6.45, 7) is 7.24. The molecule has 1 saturated heterocycles. The predicted molar refractivity (Wildman–Crippen MR) is 84.6 cm³/mol. The molecule has 5 atom stereocenters. The molecule has 2 aliphatic rings. The second kappa shape index (κ2) is 5.51. The van der Waals surface area contributed by atoms with E-state index in [1.807, 2.05) is 0 Å². The van der Waals surface area contributed by atoms with Crippen LogP contribution in [0.15, 0.2) is 16.6 Å². The zero-order valence-electron chi connectivity index (χ0n) is 12.0. The van der Waals surface area contributed by atoms with Crippen LogP contribution in [-0.4, -0.2) is 18.8 Å². The smallest absolute Gasteiger partial charge is 0.127 e. The van der Waals surface area contributed by atoms with Crippen LogP contribution >= 0.6 is 27.5 Å². The minimum atomic E-state index is -0.0747. The normalized spacial score (nSPS) is 33.9. The zero-order chi connectivity index (χ0) is 14.4. The number of alkyl halides is 1. The SMILES string of the molecule is CC1OC(C)C(C(Cl)c2cc(Br)cc3c2OCC3)C1C. The highest BCUT2D eigenvalue weighted by Gasteiger charge is 2.42. The molecule has 0 radical (unpaired) electrons. The van der Waals surface area contributed by atoms with Crippen molar-refractivity contribution < 1.29 is 9.47 Å². The van der Waals surface area contributed by atoms with Gasteiger partial charge in [-0.2, -0.15) is 0 Å². The molecule has 0 bridgehead atoms. The van der Waals surface area contributed by atoms with Crippen LogP contribution in [0.1, 0.15) is 37.3 Å². The van der Waals surface area contributed by atoms with Crippen LogP contribution in [0.3, 0.4) is 0 Å². The molecule has 20 heavy (non-hydrogen) atoms. The van der Waals surface area contributed by atoms with Gasteiger partial charge < -0.3 is 9.47 Å². The molecule has 3 rings (SSSR count). The van der Waals surface area contributed by atoms with Gasteiger partial charge >= 0.3 is 0 Å². The third-order valence-electron chi connectivity index (χ3n) is 4.73. The molecule has 0 N–H and O–H groups in total. The van der Waals surface area contributed by atoms with Crippen molar-refractivity contribution in [2.75, 3.05) is 6.61 Å². The maximum Gasteiger partial charge on any atom is 0.127 e. The van der Waals surface area contributed by atoms with E-state index in [-0.39, 0.29) is 17.6 Å². The number of benzene rings is 1. The standard InChI is InChI=1S/C16H20BrClO2/c1-8-9(2)20-10(3)14(8)15(18)13-7-12(17)6-11-4-5-19-16(11)13/h6-10,14-15H,4-5H2,1-3H3. The highest BCUT2D eigenvalue weighted by Crippen LogP contribution is 2.48. The first kappa shape index (κ1) is 14.7. The number of ether oxygens (including phenoxy) is 2. The maximum absolute atomic E-state index is 6.84. The van der Waals surface area contributed by atoms with Crippen molar-refractivity contribution in [2.24, 2.45) is 11.8 Å². The van der Waals surface area contributed by atoms with Gasteiger partial charge in [-0.3, -0.25) is 0 Å². The summed E-state index contributed by atoms with van der Waals surface area (Å²) in [5, 5.41) is -0.0747. The van der Waals surface area contributed by atoms with Gasteiger partial charge in [0, 0.05) is 22.4 Å². The fraction of sp³-hybridized carbons (Fsp3) is 0.625. The molecule has 1 fully saturated rings. The minimum absolute atomic E-state index is 0.0747. The van der Waals surface area contributed by atoms with Crippen molar-refractivity contribution in [2.45, 2.75) is 44.8 Å². The summed E-state index contributed by atoms with van der Waals surface area (Å²) in [6, 6.07) is 4.24. The molecule has 0 aliphatic carbocycles. The molecule has 0 amide bonds. The van der Waals surface area contributed by atoms with Gasteiger partial charge in [-0.1, -0.05) is 22.9 Å². The average Bonchev–Trinajstić information content (AvgIpc) is 2.93. The summed E-state index contributed by atoms with van der Waals surface area (Å²) >= 11 is 10.4. The second-order valence-electron chi connectivity index (χ2n) is 5.97. The number of halogens is 2. The molecule has 4 heteroatoms. The first-order chi connectivity index (χ1) is 9.49. The molecule has 0 saturated carbocycles. The minimum Gasteiger partial charge on any atom is -0.493 e. The highest BCUT2D eigenvalue weighted by molar-refractivity contribution is 9.10. The van der Waals surface area contributed by atoms with E-state index in [4.69, 9.17) is 21.1 Å². The van der Waals surface area contributed by atoms with E-state index >= 15 is 0 Å². The van der Waals surface area contributed by atoms with E-state index in [0.29, 0.717) is 11.8 Å². The van der Waals surface area contributed by atoms with Gasteiger partial charge in [0.2, 0.25) is 0 Å². The van der Waals surface area contributed by atoms with Crippen molar-refractivity contribution >= 4 is 27.5 Å². The van der Waals surface area contributed by atoms with Crippen LogP contribution in [0, 0.1) is 11.8 Å². The van der Waals surface area contributed by atoms with Crippen molar-refractivity contribution in [3.63, 3.8) is 0 Å². The van der Waals surface area contributed by atoms with Gasteiger partial charge in [-0.05, 0) is 37.5 Å². The molecule has 0 aromatic heterocycles. The lowest BCUT2D eigenvalue weighted by molar-refractivity contribution is 0.0507. The Balaban J connectivity index is 1.97. The quantitative estimate of drug-likeness (QED) is 0.711. The van der Waals surface area contributed by atoms with Gasteiger partial charge in [0.15, 0.2) is 0 Å². The zero-order valence-corrected chi connectivity index (χ0v) is 14.4. The van der Waals surface area contributed by atoms with Gasteiger partial charge in [0.05, 0.1) is 24.2 Å². The van der Waals surface area contributed by atoms with Gasteiger partial charge in [0.1, 0.15) is 5.75 Å². The summed E-state index contributed by atoms with van der Waals surface area (Å²) in [5.74, 6) is 1.75. The van der Waals surface area contributed by atoms with Crippen LogP contribution in [-0.2, 0) is 11.2 Å². The van der Waals surface area contributed by atoms with E-state index in [0.717, 1.165) is 28.8 Å². The summed E-state index contributed by atoms with van der Waals surface area (Å²) < 4.78 is 12.8. The van der Waals surface area contributed by atoms with Crippen LogP contribution in [0.2, 0.25) is 0 Å². The van der Waals surface area contributed by atoms with Crippen LogP contribution in [0.25, 0.3) is 0 Å². The highest BCUT2D eigenvalue weighted by atomic mass is 79.9. The van der Waals surface area contributed by atoms with Crippen molar-refractivity contribution in [1.29, 1.82) is 0 Å². The van der Waals surface area contributed by atoms with E-state index < -0.39 is 0 Å². The topological polar surface area (TPSA) is 18.5 Å². The molecule has 2 aliphatic heterocycles. The number of rotatable bonds is 2. The largest absolute Gasteiger partial charge is 0.493 e.